The first kappa shape index (κ1) is 9.30. The number of hydrogen-bond donors (Lipinski definition) is 0. The molecule has 0 saturated heterocycles. The van der Waals surface area contributed by atoms with Crippen molar-refractivity contribution in [1.82, 2.24) is 0 Å². The van der Waals surface area contributed by atoms with E-state index in [-0.39, 0.29) is 0 Å². The Hall–Kier alpha value is -0.260. The smallest absolute Gasteiger partial charge is 0.0258 e. The van der Waals surface area contributed by atoms with Gasteiger partial charge in [-0.3, -0.25) is 0 Å². The zero-order chi connectivity index (χ0) is 9.15. The summed E-state index contributed by atoms with van der Waals surface area (Å²) in [5, 5.41) is 0. The summed E-state index contributed by atoms with van der Waals surface area (Å²) in [6.45, 7) is 2.31. The van der Waals surface area contributed by atoms with Crippen molar-refractivity contribution >= 4 is 0 Å². The minimum Gasteiger partial charge on any atom is -0.0885 e. The van der Waals surface area contributed by atoms with Crippen LogP contribution >= 0.6 is 0 Å². The predicted octanol–water partition coefficient (Wildman–Crippen LogP) is 4.31. The molecule has 3 aliphatic rings. The summed E-state index contributed by atoms with van der Waals surface area (Å²) in [4.78, 5) is 0. The Morgan fingerprint density at radius 3 is 2.92 bits per heavy atom. The standard InChI is InChI=1S/C13H22/c1-2-3-8-13-9-6-4-5-7-12(10-13)11-13/h4,6,12H,2-3,5,7-11H2,1H3. The van der Waals surface area contributed by atoms with Gasteiger partial charge in [-0.05, 0) is 49.9 Å². The van der Waals surface area contributed by atoms with Crippen molar-refractivity contribution < 1.29 is 0 Å². The van der Waals surface area contributed by atoms with E-state index in [1.165, 1.54) is 51.4 Å². The number of unbranched alkanes of at least 4 members (excludes halogenated alkanes) is 1. The van der Waals surface area contributed by atoms with Crippen LogP contribution in [-0.2, 0) is 0 Å². The molecule has 1 fully saturated rings. The maximum absolute atomic E-state index is 2.45. The molecule has 13 heavy (non-hydrogen) atoms. The summed E-state index contributed by atoms with van der Waals surface area (Å²) >= 11 is 0. The first-order chi connectivity index (χ1) is 6.35. The first-order valence-electron chi connectivity index (χ1n) is 6.00. The van der Waals surface area contributed by atoms with Gasteiger partial charge in [0.2, 0.25) is 0 Å². The lowest BCUT2D eigenvalue weighted by atomic mass is 9.56. The van der Waals surface area contributed by atoms with Gasteiger partial charge in [0, 0.05) is 0 Å². The number of fused-ring (bicyclic) bond motifs is 3. The molecule has 0 aromatic rings. The van der Waals surface area contributed by atoms with Crippen LogP contribution in [0.2, 0.25) is 0 Å². The highest BCUT2D eigenvalue weighted by Crippen LogP contribution is 2.54. The van der Waals surface area contributed by atoms with Crippen molar-refractivity contribution in [1.29, 1.82) is 0 Å². The van der Waals surface area contributed by atoms with Gasteiger partial charge in [0.15, 0.2) is 0 Å². The normalized spacial score (nSPS) is 37.8. The molecule has 0 aliphatic heterocycles. The Kier molecular flexibility index (Phi) is 2.76. The number of allylic oxidation sites excluding steroid dienone is 2. The van der Waals surface area contributed by atoms with Crippen LogP contribution in [0.5, 0.6) is 0 Å². The van der Waals surface area contributed by atoms with Gasteiger partial charge in [-0.2, -0.15) is 0 Å². The second-order valence-corrected chi connectivity index (χ2v) is 5.13. The van der Waals surface area contributed by atoms with E-state index in [1.54, 1.807) is 0 Å². The number of hydrogen-bond acceptors (Lipinski definition) is 0. The molecule has 0 amide bonds. The van der Waals surface area contributed by atoms with Gasteiger partial charge in [-0.25, -0.2) is 0 Å². The zero-order valence-corrected chi connectivity index (χ0v) is 8.89. The highest BCUT2D eigenvalue weighted by molar-refractivity contribution is 5.02. The van der Waals surface area contributed by atoms with Crippen molar-refractivity contribution in [2.24, 2.45) is 11.3 Å². The molecule has 0 heteroatoms. The van der Waals surface area contributed by atoms with E-state index in [0.29, 0.717) is 0 Å². The van der Waals surface area contributed by atoms with Gasteiger partial charge in [-0.1, -0.05) is 31.9 Å². The van der Waals surface area contributed by atoms with Crippen LogP contribution < -0.4 is 0 Å². The molecule has 0 atom stereocenters. The third kappa shape index (κ3) is 1.98. The monoisotopic (exact) mass is 178 g/mol. The Morgan fingerprint density at radius 1 is 1.31 bits per heavy atom. The van der Waals surface area contributed by atoms with Crippen LogP contribution in [0.25, 0.3) is 0 Å². The molecule has 0 nitrogen and oxygen atoms in total. The molecule has 0 radical (unpaired) electrons. The molecule has 1 saturated carbocycles. The number of rotatable bonds is 3. The highest BCUT2D eigenvalue weighted by atomic mass is 14.5. The van der Waals surface area contributed by atoms with Gasteiger partial charge in [0.1, 0.15) is 0 Å². The topological polar surface area (TPSA) is 0 Å². The Balaban J connectivity index is 1.91. The van der Waals surface area contributed by atoms with E-state index in [1.807, 2.05) is 0 Å². The fourth-order valence-electron chi connectivity index (χ4n) is 3.18. The molecule has 0 N–H and O–H groups in total. The van der Waals surface area contributed by atoms with Crippen LogP contribution in [0.1, 0.15) is 58.3 Å². The predicted molar refractivity (Wildman–Crippen MR) is 57.7 cm³/mol. The highest BCUT2D eigenvalue weighted by Gasteiger charge is 2.42. The van der Waals surface area contributed by atoms with E-state index in [4.69, 9.17) is 0 Å². The molecule has 0 aromatic heterocycles. The third-order valence-corrected chi connectivity index (χ3v) is 3.96. The fraction of sp³-hybridized carbons (Fsp3) is 0.846. The van der Waals surface area contributed by atoms with Crippen LogP contribution in [0.15, 0.2) is 12.2 Å². The minimum atomic E-state index is 0.762. The van der Waals surface area contributed by atoms with E-state index in [2.05, 4.69) is 19.1 Å². The second-order valence-electron chi connectivity index (χ2n) is 5.13. The largest absolute Gasteiger partial charge is 0.0885 e. The molecule has 74 valence electrons. The van der Waals surface area contributed by atoms with Crippen molar-refractivity contribution in [2.75, 3.05) is 0 Å². The molecular weight excluding hydrogens is 156 g/mol. The van der Waals surface area contributed by atoms with E-state index in [0.717, 1.165) is 11.3 Å². The summed E-state index contributed by atoms with van der Waals surface area (Å²) in [7, 11) is 0. The van der Waals surface area contributed by atoms with E-state index in [9.17, 15) is 0 Å². The quantitative estimate of drug-likeness (QED) is 0.565. The molecular formula is C13H22. The molecule has 0 aromatic carbocycles. The van der Waals surface area contributed by atoms with Crippen LogP contribution in [-0.4, -0.2) is 0 Å². The Labute approximate surface area is 82.4 Å². The molecule has 0 spiro atoms. The zero-order valence-electron chi connectivity index (χ0n) is 8.89. The maximum Gasteiger partial charge on any atom is -0.0258 e. The molecule has 0 heterocycles. The lowest BCUT2D eigenvalue weighted by Gasteiger charge is -2.49. The summed E-state index contributed by atoms with van der Waals surface area (Å²) in [5.41, 5.74) is 0.762. The summed E-state index contributed by atoms with van der Waals surface area (Å²) in [5.74, 6) is 1.09. The molecule has 2 bridgehead atoms. The summed E-state index contributed by atoms with van der Waals surface area (Å²) in [6.07, 6.45) is 16.4. The first-order valence-corrected chi connectivity index (χ1v) is 6.00. The van der Waals surface area contributed by atoms with E-state index >= 15 is 0 Å². The maximum atomic E-state index is 2.45. The van der Waals surface area contributed by atoms with Crippen LogP contribution in [0.3, 0.4) is 0 Å². The molecule has 3 rings (SSSR count). The fourth-order valence-corrected chi connectivity index (χ4v) is 3.18. The van der Waals surface area contributed by atoms with Gasteiger partial charge in [0.25, 0.3) is 0 Å². The van der Waals surface area contributed by atoms with Gasteiger partial charge >= 0.3 is 0 Å². The molecule has 0 unspecified atom stereocenters. The molecule has 3 aliphatic carbocycles. The Morgan fingerprint density at radius 2 is 2.15 bits per heavy atom. The third-order valence-electron chi connectivity index (χ3n) is 3.96. The van der Waals surface area contributed by atoms with Crippen molar-refractivity contribution in [3.05, 3.63) is 12.2 Å². The average Bonchev–Trinajstić information content (AvgIpc) is 1.99. The Bertz CT molecular complexity index is 184. The van der Waals surface area contributed by atoms with Gasteiger partial charge < -0.3 is 0 Å². The van der Waals surface area contributed by atoms with Crippen molar-refractivity contribution in [2.45, 2.75) is 58.3 Å². The van der Waals surface area contributed by atoms with Crippen LogP contribution in [0.4, 0.5) is 0 Å². The minimum absolute atomic E-state index is 0.762. The van der Waals surface area contributed by atoms with Gasteiger partial charge in [0.05, 0.1) is 0 Å². The van der Waals surface area contributed by atoms with Crippen molar-refractivity contribution in [3.63, 3.8) is 0 Å². The van der Waals surface area contributed by atoms with Crippen LogP contribution in [0, 0.1) is 11.3 Å². The lowest BCUT2D eigenvalue weighted by molar-refractivity contribution is 0.0378. The van der Waals surface area contributed by atoms with Crippen molar-refractivity contribution in [3.8, 4) is 0 Å². The second kappa shape index (κ2) is 3.86. The summed E-state index contributed by atoms with van der Waals surface area (Å²) in [6, 6.07) is 0. The SMILES string of the molecule is CCCCC12CC=CCCC(C1)C2. The average molecular weight is 178 g/mol. The summed E-state index contributed by atoms with van der Waals surface area (Å²) < 4.78 is 0. The van der Waals surface area contributed by atoms with Gasteiger partial charge in [-0.15, -0.1) is 0 Å². The lowest BCUT2D eigenvalue weighted by Crippen LogP contribution is -2.37. The van der Waals surface area contributed by atoms with E-state index < -0.39 is 0 Å².